The average molecular weight is 193 g/mol. The first kappa shape index (κ1) is 11.1. The molecule has 0 bridgehead atoms. The Morgan fingerprint density at radius 2 is 1.93 bits per heavy atom. The lowest BCUT2D eigenvalue weighted by Crippen LogP contribution is -2.28. The quantitative estimate of drug-likeness (QED) is 0.760. The summed E-state index contributed by atoms with van der Waals surface area (Å²) >= 11 is 0. The van der Waals surface area contributed by atoms with E-state index in [1.807, 2.05) is 12.1 Å². The zero-order chi connectivity index (χ0) is 10.6. The highest BCUT2D eigenvalue weighted by Crippen LogP contribution is 2.26. The highest BCUT2D eigenvalue weighted by Gasteiger charge is 2.20. The molecule has 1 heterocycles. The maximum Gasteiger partial charge on any atom is 0.0301 e. The van der Waals surface area contributed by atoms with Gasteiger partial charge in [0, 0.05) is 18.4 Å². The number of rotatable bonds is 4. The molecule has 3 nitrogen and oxygen atoms in total. The minimum atomic E-state index is 0.0524. The highest BCUT2D eigenvalue weighted by molar-refractivity contribution is 5.14. The molecule has 0 aliphatic rings. The summed E-state index contributed by atoms with van der Waals surface area (Å²) in [6.45, 7) is 4.92. The first-order chi connectivity index (χ1) is 6.55. The van der Waals surface area contributed by atoms with E-state index in [1.54, 1.807) is 12.4 Å². The van der Waals surface area contributed by atoms with Crippen molar-refractivity contribution in [3.8, 4) is 0 Å². The molecule has 0 aliphatic heterocycles. The second kappa shape index (κ2) is 4.53. The molecule has 0 spiro atoms. The first-order valence-corrected chi connectivity index (χ1v) is 4.91. The fourth-order valence-corrected chi connectivity index (χ4v) is 1.41. The summed E-state index contributed by atoms with van der Waals surface area (Å²) in [5.41, 5.74) is 13.0. The number of nitrogens with zero attached hydrogens (tertiary/aromatic N) is 1. The summed E-state index contributed by atoms with van der Waals surface area (Å²) in [6.07, 6.45) is 4.43. The van der Waals surface area contributed by atoms with Crippen molar-refractivity contribution in [2.24, 2.45) is 16.9 Å². The van der Waals surface area contributed by atoms with Gasteiger partial charge in [0.2, 0.25) is 0 Å². The molecule has 4 N–H and O–H groups in total. The molecule has 0 saturated carbocycles. The summed E-state index contributed by atoms with van der Waals surface area (Å²) in [5, 5.41) is 0. The van der Waals surface area contributed by atoms with Crippen molar-refractivity contribution in [1.82, 2.24) is 4.98 Å². The van der Waals surface area contributed by atoms with E-state index in [2.05, 4.69) is 18.8 Å². The lowest BCUT2D eigenvalue weighted by Gasteiger charge is -2.26. The van der Waals surface area contributed by atoms with Crippen LogP contribution in [0.4, 0.5) is 0 Å². The molecule has 0 saturated heterocycles. The standard InChI is InChI=1S/C11H19N3/c1-11(2,8-12)7-10(13)9-3-5-14-6-4-9/h3-6,10H,7-8,12-13H2,1-2H3. The second-order valence-electron chi connectivity index (χ2n) is 4.46. The number of hydrogen-bond acceptors (Lipinski definition) is 3. The van der Waals surface area contributed by atoms with Crippen molar-refractivity contribution in [3.63, 3.8) is 0 Å². The Morgan fingerprint density at radius 3 is 2.43 bits per heavy atom. The molecule has 1 atom stereocenters. The Hall–Kier alpha value is -0.930. The van der Waals surface area contributed by atoms with Gasteiger partial charge in [-0.3, -0.25) is 4.98 Å². The summed E-state index contributed by atoms with van der Waals surface area (Å²) < 4.78 is 0. The van der Waals surface area contributed by atoms with Crippen LogP contribution in [0.25, 0.3) is 0 Å². The van der Waals surface area contributed by atoms with E-state index in [4.69, 9.17) is 11.5 Å². The predicted octanol–water partition coefficient (Wildman–Crippen LogP) is 1.46. The SMILES string of the molecule is CC(C)(CN)CC(N)c1ccncc1. The van der Waals surface area contributed by atoms with Crippen LogP contribution >= 0.6 is 0 Å². The molecule has 3 heteroatoms. The zero-order valence-corrected chi connectivity index (χ0v) is 8.90. The van der Waals surface area contributed by atoms with Crippen LogP contribution in [0.5, 0.6) is 0 Å². The Balaban J connectivity index is 2.64. The summed E-state index contributed by atoms with van der Waals surface area (Å²) in [6, 6.07) is 3.96. The fourth-order valence-electron chi connectivity index (χ4n) is 1.41. The number of hydrogen-bond donors (Lipinski definition) is 2. The van der Waals surface area contributed by atoms with Crippen molar-refractivity contribution in [1.29, 1.82) is 0 Å². The third-order valence-electron chi connectivity index (χ3n) is 2.46. The molecule has 0 amide bonds. The van der Waals surface area contributed by atoms with Gasteiger partial charge in [0.05, 0.1) is 0 Å². The molecule has 0 aromatic carbocycles. The van der Waals surface area contributed by atoms with Gasteiger partial charge in [0.15, 0.2) is 0 Å². The van der Waals surface area contributed by atoms with Gasteiger partial charge in [-0.2, -0.15) is 0 Å². The Kier molecular flexibility index (Phi) is 3.61. The number of nitrogens with two attached hydrogens (primary N) is 2. The maximum atomic E-state index is 6.07. The van der Waals surface area contributed by atoms with Crippen LogP contribution in [0.2, 0.25) is 0 Å². The van der Waals surface area contributed by atoms with Gasteiger partial charge < -0.3 is 11.5 Å². The lowest BCUT2D eigenvalue weighted by molar-refractivity contribution is 0.317. The maximum absolute atomic E-state index is 6.07. The molecule has 0 radical (unpaired) electrons. The molecule has 78 valence electrons. The third-order valence-corrected chi connectivity index (χ3v) is 2.46. The third kappa shape index (κ3) is 3.09. The van der Waals surface area contributed by atoms with Crippen molar-refractivity contribution in [2.75, 3.05) is 6.54 Å². The van der Waals surface area contributed by atoms with Crippen LogP contribution in [0, 0.1) is 5.41 Å². The second-order valence-corrected chi connectivity index (χ2v) is 4.46. The van der Waals surface area contributed by atoms with Crippen molar-refractivity contribution >= 4 is 0 Å². The molecular weight excluding hydrogens is 174 g/mol. The normalized spacial score (nSPS) is 14.0. The molecular formula is C11H19N3. The number of aromatic nitrogens is 1. The molecule has 1 aromatic rings. The molecule has 0 fully saturated rings. The van der Waals surface area contributed by atoms with Gasteiger partial charge in [-0.25, -0.2) is 0 Å². The van der Waals surface area contributed by atoms with E-state index in [9.17, 15) is 0 Å². The van der Waals surface area contributed by atoms with E-state index in [1.165, 1.54) is 0 Å². The van der Waals surface area contributed by atoms with Crippen molar-refractivity contribution < 1.29 is 0 Å². The minimum Gasteiger partial charge on any atom is -0.330 e. The van der Waals surface area contributed by atoms with Gasteiger partial charge in [0.1, 0.15) is 0 Å². The van der Waals surface area contributed by atoms with Crippen LogP contribution in [0.15, 0.2) is 24.5 Å². The first-order valence-electron chi connectivity index (χ1n) is 4.91. The highest BCUT2D eigenvalue weighted by atomic mass is 14.7. The monoisotopic (exact) mass is 193 g/mol. The van der Waals surface area contributed by atoms with Crippen LogP contribution in [0.3, 0.4) is 0 Å². The van der Waals surface area contributed by atoms with E-state index in [-0.39, 0.29) is 11.5 Å². The smallest absolute Gasteiger partial charge is 0.0301 e. The predicted molar refractivity (Wildman–Crippen MR) is 58.6 cm³/mol. The van der Waals surface area contributed by atoms with Gasteiger partial charge in [0.25, 0.3) is 0 Å². The average Bonchev–Trinajstić information content (AvgIpc) is 2.19. The molecule has 0 aliphatic carbocycles. The van der Waals surface area contributed by atoms with Crippen LogP contribution in [-0.4, -0.2) is 11.5 Å². The molecule has 1 rings (SSSR count). The lowest BCUT2D eigenvalue weighted by atomic mass is 9.84. The summed E-state index contributed by atoms with van der Waals surface area (Å²) in [7, 11) is 0. The van der Waals surface area contributed by atoms with Gasteiger partial charge in [-0.05, 0) is 36.1 Å². The van der Waals surface area contributed by atoms with E-state index in [0.717, 1.165) is 12.0 Å². The van der Waals surface area contributed by atoms with Gasteiger partial charge in [-0.15, -0.1) is 0 Å². The largest absolute Gasteiger partial charge is 0.330 e. The minimum absolute atomic E-state index is 0.0524. The summed E-state index contributed by atoms with van der Waals surface area (Å²) in [5.74, 6) is 0. The Morgan fingerprint density at radius 1 is 1.36 bits per heavy atom. The van der Waals surface area contributed by atoms with Crippen molar-refractivity contribution in [2.45, 2.75) is 26.3 Å². The van der Waals surface area contributed by atoms with Crippen LogP contribution < -0.4 is 11.5 Å². The fraction of sp³-hybridized carbons (Fsp3) is 0.545. The number of pyridine rings is 1. The summed E-state index contributed by atoms with van der Waals surface area (Å²) in [4.78, 5) is 3.96. The van der Waals surface area contributed by atoms with Gasteiger partial charge in [-0.1, -0.05) is 13.8 Å². The molecule has 14 heavy (non-hydrogen) atoms. The molecule has 1 unspecified atom stereocenters. The Labute approximate surface area is 85.5 Å². The van der Waals surface area contributed by atoms with Crippen LogP contribution in [0.1, 0.15) is 31.9 Å². The zero-order valence-electron chi connectivity index (χ0n) is 8.90. The van der Waals surface area contributed by atoms with E-state index < -0.39 is 0 Å². The van der Waals surface area contributed by atoms with Crippen molar-refractivity contribution in [3.05, 3.63) is 30.1 Å². The van der Waals surface area contributed by atoms with E-state index in [0.29, 0.717) is 6.54 Å². The Bertz CT molecular complexity index is 269. The van der Waals surface area contributed by atoms with Crippen LogP contribution in [-0.2, 0) is 0 Å². The van der Waals surface area contributed by atoms with E-state index >= 15 is 0 Å². The topological polar surface area (TPSA) is 64.9 Å². The van der Waals surface area contributed by atoms with Gasteiger partial charge >= 0.3 is 0 Å². The molecule has 1 aromatic heterocycles.